The highest BCUT2D eigenvalue weighted by Gasteiger charge is 2.20. The number of para-hydroxylation sites is 1. The molecule has 3 aromatic rings. The van der Waals surface area contributed by atoms with Crippen molar-refractivity contribution >= 4 is 61.9 Å². The lowest BCUT2D eigenvalue weighted by molar-refractivity contribution is -0.384. The minimum Gasteiger partial charge on any atom is -0.343 e. The van der Waals surface area contributed by atoms with Crippen LogP contribution < -0.4 is 5.32 Å². The van der Waals surface area contributed by atoms with E-state index in [1.165, 1.54) is 18.2 Å². The molecule has 0 saturated carbocycles. The van der Waals surface area contributed by atoms with E-state index in [1.807, 2.05) is 43.1 Å². The summed E-state index contributed by atoms with van der Waals surface area (Å²) in [6.45, 7) is 2.00. The molecule has 9 heteroatoms. The van der Waals surface area contributed by atoms with Crippen LogP contribution in [0.4, 0.5) is 11.4 Å². The summed E-state index contributed by atoms with van der Waals surface area (Å²) in [5, 5.41) is 15.6. The van der Waals surface area contributed by atoms with Gasteiger partial charge in [0, 0.05) is 19.2 Å². The topological polar surface area (TPSA) is 71.3 Å². The lowest BCUT2D eigenvalue weighted by Gasteiger charge is -2.26. The van der Waals surface area contributed by atoms with Gasteiger partial charge in [0.2, 0.25) is 0 Å². The van der Waals surface area contributed by atoms with Gasteiger partial charge >= 0.3 is 0 Å². The maximum absolute atomic E-state index is 10.9. The van der Waals surface area contributed by atoms with Gasteiger partial charge in [-0.2, -0.15) is 0 Å². The Hall–Kier alpha value is -2.29. The Labute approximate surface area is 164 Å². The fraction of sp³-hybridized carbons (Fsp3) is 0.176. The van der Waals surface area contributed by atoms with Crippen molar-refractivity contribution in [3.63, 3.8) is 0 Å². The molecule has 0 fully saturated rings. The first kappa shape index (κ1) is 18.5. The first-order valence-corrected chi connectivity index (χ1v) is 9.30. The Balaban J connectivity index is 1.79. The number of aromatic nitrogens is 1. The molecule has 0 saturated heterocycles. The maximum Gasteiger partial charge on any atom is 0.271 e. The summed E-state index contributed by atoms with van der Waals surface area (Å²) in [6, 6.07) is 12.1. The number of hydrogen-bond donors (Lipinski definition) is 1. The average Bonchev–Trinajstić information content (AvgIpc) is 3.06. The molecule has 134 valence electrons. The van der Waals surface area contributed by atoms with Crippen LogP contribution in [0.3, 0.4) is 0 Å². The number of nitro benzene ring substituents is 1. The van der Waals surface area contributed by atoms with Crippen LogP contribution in [0, 0.1) is 10.1 Å². The number of halogens is 1. The number of thiocarbonyl (C=S) groups is 1. The summed E-state index contributed by atoms with van der Waals surface area (Å²) >= 11 is 13.2. The molecule has 0 bridgehead atoms. The zero-order valence-corrected chi connectivity index (χ0v) is 16.4. The van der Waals surface area contributed by atoms with Gasteiger partial charge in [0.05, 0.1) is 31.9 Å². The average molecular weight is 407 g/mol. The molecule has 0 unspecified atom stereocenters. The summed E-state index contributed by atoms with van der Waals surface area (Å²) in [5.41, 5.74) is 1.30. The van der Waals surface area contributed by atoms with Crippen molar-refractivity contribution in [3.8, 4) is 0 Å². The summed E-state index contributed by atoms with van der Waals surface area (Å²) in [7, 11) is 1.84. The molecule has 1 atom stereocenters. The molecule has 3 rings (SSSR count). The van der Waals surface area contributed by atoms with Crippen LogP contribution in [-0.2, 0) is 0 Å². The Kier molecular flexibility index (Phi) is 5.36. The molecule has 0 amide bonds. The van der Waals surface area contributed by atoms with Crippen molar-refractivity contribution < 1.29 is 4.92 Å². The van der Waals surface area contributed by atoms with E-state index >= 15 is 0 Å². The number of benzene rings is 2. The smallest absolute Gasteiger partial charge is 0.271 e. The van der Waals surface area contributed by atoms with Crippen LogP contribution in [-0.4, -0.2) is 27.0 Å². The fourth-order valence-corrected chi connectivity index (χ4v) is 3.83. The normalized spacial score (nSPS) is 12.0. The number of nitro groups is 1. The number of non-ortho nitro benzene ring substituents is 1. The number of fused-ring (bicyclic) bond motifs is 1. The van der Waals surface area contributed by atoms with E-state index in [-0.39, 0.29) is 11.7 Å². The Morgan fingerprint density at radius 2 is 2.12 bits per heavy atom. The molecular weight excluding hydrogens is 392 g/mol. The van der Waals surface area contributed by atoms with Crippen LogP contribution in [0.2, 0.25) is 5.02 Å². The van der Waals surface area contributed by atoms with E-state index in [0.29, 0.717) is 15.8 Å². The number of hydrogen-bond acceptors (Lipinski definition) is 5. The highest BCUT2D eigenvalue weighted by atomic mass is 35.5. The molecular formula is C17H15ClN4O2S2. The van der Waals surface area contributed by atoms with E-state index in [1.54, 1.807) is 11.3 Å². The van der Waals surface area contributed by atoms with E-state index < -0.39 is 4.92 Å². The minimum atomic E-state index is -0.474. The van der Waals surface area contributed by atoms with E-state index in [9.17, 15) is 10.1 Å². The number of thiazole rings is 1. The van der Waals surface area contributed by atoms with Crippen molar-refractivity contribution in [2.24, 2.45) is 0 Å². The summed E-state index contributed by atoms with van der Waals surface area (Å²) in [4.78, 5) is 17.0. The second-order valence-electron chi connectivity index (χ2n) is 5.66. The molecule has 6 nitrogen and oxygen atoms in total. The van der Waals surface area contributed by atoms with Crippen LogP contribution >= 0.6 is 35.2 Å². The molecule has 2 aromatic carbocycles. The van der Waals surface area contributed by atoms with E-state index in [4.69, 9.17) is 23.8 Å². The van der Waals surface area contributed by atoms with Crippen LogP contribution in [0.1, 0.15) is 18.0 Å². The van der Waals surface area contributed by atoms with Gasteiger partial charge in [-0.1, -0.05) is 23.7 Å². The first-order chi connectivity index (χ1) is 12.4. The van der Waals surface area contributed by atoms with Gasteiger partial charge in [-0.3, -0.25) is 10.1 Å². The standard InChI is InChI=1S/C17H15ClN4O2S2/c1-10(16-19-13-5-3-4-6-15(13)26-16)21(2)17(25)20-14-9-11(22(23)24)7-8-12(14)18/h3-10H,1-2H3,(H,20,25)/t10-/m0/s1. The molecule has 0 spiro atoms. The van der Waals surface area contributed by atoms with E-state index in [0.717, 1.165) is 15.2 Å². The summed E-state index contributed by atoms with van der Waals surface area (Å²) in [6.07, 6.45) is 0. The zero-order valence-electron chi connectivity index (χ0n) is 14.0. The number of anilines is 1. The third-order valence-corrected chi connectivity index (χ3v) is 5.90. The third kappa shape index (κ3) is 3.77. The first-order valence-electron chi connectivity index (χ1n) is 7.70. The van der Waals surface area contributed by atoms with Gasteiger partial charge in [-0.05, 0) is 37.3 Å². The zero-order chi connectivity index (χ0) is 18.8. The Morgan fingerprint density at radius 1 is 1.38 bits per heavy atom. The summed E-state index contributed by atoms with van der Waals surface area (Å²) < 4.78 is 1.11. The van der Waals surface area contributed by atoms with Crippen molar-refractivity contribution in [2.75, 3.05) is 12.4 Å². The number of nitrogens with zero attached hydrogens (tertiary/aromatic N) is 3. The minimum absolute atomic E-state index is 0.0541. The third-order valence-electron chi connectivity index (χ3n) is 3.97. The lowest BCUT2D eigenvalue weighted by Crippen LogP contribution is -2.33. The van der Waals surface area contributed by atoms with E-state index in [2.05, 4.69) is 10.3 Å². The molecule has 0 aliphatic heterocycles. The molecule has 1 heterocycles. The van der Waals surface area contributed by atoms with Crippen molar-refractivity contribution in [1.82, 2.24) is 9.88 Å². The maximum atomic E-state index is 10.9. The lowest BCUT2D eigenvalue weighted by atomic mass is 10.2. The second-order valence-corrected chi connectivity index (χ2v) is 7.51. The van der Waals surface area contributed by atoms with Crippen LogP contribution in [0.25, 0.3) is 10.2 Å². The van der Waals surface area contributed by atoms with Crippen molar-refractivity contribution in [1.29, 1.82) is 0 Å². The summed E-state index contributed by atoms with van der Waals surface area (Å²) in [5.74, 6) is 0. The SMILES string of the molecule is C[C@@H](c1nc2ccccc2s1)N(C)C(=S)Nc1cc([N+](=O)[O-])ccc1Cl. The van der Waals surface area contributed by atoms with Crippen molar-refractivity contribution in [2.45, 2.75) is 13.0 Å². The molecule has 1 aromatic heterocycles. The Morgan fingerprint density at radius 3 is 2.81 bits per heavy atom. The number of rotatable bonds is 4. The Bertz CT molecular complexity index is 959. The highest BCUT2D eigenvalue weighted by Crippen LogP contribution is 2.30. The van der Waals surface area contributed by atoms with Gasteiger partial charge in [0.15, 0.2) is 5.11 Å². The predicted octanol–water partition coefficient (Wildman–Crippen LogP) is 5.25. The predicted molar refractivity (Wildman–Crippen MR) is 110 cm³/mol. The van der Waals surface area contributed by atoms with Crippen LogP contribution in [0.5, 0.6) is 0 Å². The largest absolute Gasteiger partial charge is 0.343 e. The van der Waals surface area contributed by atoms with Crippen molar-refractivity contribution in [3.05, 3.63) is 62.6 Å². The van der Waals surface area contributed by atoms with Crippen LogP contribution in [0.15, 0.2) is 42.5 Å². The quantitative estimate of drug-likeness (QED) is 0.362. The molecule has 26 heavy (non-hydrogen) atoms. The van der Waals surface area contributed by atoms with Gasteiger partial charge in [-0.15, -0.1) is 11.3 Å². The van der Waals surface area contributed by atoms with Gasteiger partial charge in [0.1, 0.15) is 5.01 Å². The molecule has 0 aliphatic rings. The monoisotopic (exact) mass is 406 g/mol. The van der Waals surface area contributed by atoms with Gasteiger partial charge < -0.3 is 10.2 Å². The van der Waals surface area contributed by atoms with Gasteiger partial charge in [0.25, 0.3) is 5.69 Å². The second kappa shape index (κ2) is 7.53. The molecule has 1 N–H and O–H groups in total. The number of nitrogens with one attached hydrogen (secondary N) is 1. The fourth-order valence-electron chi connectivity index (χ4n) is 2.34. The molecule has 0 aliphatic carbocycles. The molecule has 0 radical (unpaired) electrons. The van der Waals surface area contributed by atoms with Gasteiger partial charge in [-0.25, -0.2) is 4.98 Å². The highest BCUT2D eigenvalue weighted by molar-refractivity contribution is 7.80.